The average molecular weight is 253 g/mol. The Kier molecular flexibility index (Phi) is 4.53. The first-order chi connectivity index (χ1) is 8.30. The normalized spacial score (nSPS) is 13.1. The van der Waals surface area contributed by atoms with Crippen molar-refractivity contribution >= 4 is 11.9 Å². The molecule has 0 aliphatic carbocycles. The molecule has 0 aromatic carbocycles. The number of carbonyl (C=O) groups excluding carboxylic acids is 1. The van der Waals surface area contributed by atoms with Gasteiger partial charge in [-0.1, -0.05) is 13.8 Å². The number of hydrogen-bond donors (Lipinski definition) is 2. The van der Waals surface area contributed by atoms with Gasteiger partial charge in [0, 0.05) is 6.42 Å². The number of furan rings is 1. The first kappa shape index (κ1) is 14.3. The summed E-state index contributed by atoms with van der Waals surface area (Å²) in [6.45, 7) is 5.34. The van der Waals surface area contributed by atoms with E-state index in [1.165, 1.54) is 0 Å². The highest BCUT2D eigenvalue weighted by Gasteiger charge is 2.26. The smallest absolute Gasteiger partial charge is 0.303 e. The molecule has 18 heavy (non-hydrogen) atoms. The highest BCUT2D eigenvalue weighted by molar-refractivity contribution is 5.78. The Morgan fingerprint density at radius 3 is 2.61 bits per heavy atom. The van der Waals surface area contributed by atoms with E-state index in [1.54, 1.807) is 32.2 Å². The number of carbonyl (C=O) groups is 2. The standard InChI is InChI=1S/C13H19NO4/c1-9(10-5-4-6-18-10)14-11(15)7-13(2,3)8-12(16)17/h4-6,9H,7-8H2,1-3H3,(H,14,15)(H,16,17)/t9-/m1/s1. The zero-order chi connectivity index (χ0) is 13.8. The van der Waals surface area contributed by atoms with Crippen molar-refractivity contribution in [3.8, 4) is 0 Å². The van der Waals surface area contributed by atoms with Gasteiger partial charge in [0.2, 0.25) is 5.91 Å². The lowest BCUT2D eigenvalue weighted by molar-refractivity contribution is -0.139. The molecule has 0 saturated carbocycles. The lowest BCUT2D eigenvalue weighted by Crippen LogP contribution is -2.31. The summed E-state index contributed by atoms with van der Waals surface area (Å²) in [4.78, 5) is 22.5. The SMILES string of the molecule is C[C@@H](NC(=O)CC(C)(C)CC(=O)O)c1ccco1. The predicted molar refractivity (Wildman–Crippen MR) is 65.9 cm³/mol. The van der Waals surface area contributed by atoms with Gasteiger partial charge >= 0.3 is 5.97 Å². The molecule has 1 atom stereocenters. The lowest BCUT2D eigenvalue weighted by atomic mass is 9.85. The summed E-state index contributed by atoms with van der Waals surface area (Å²) in [6.07, 6.45) is 1.69. The third-order valence-electron chi connectivity index (χ3n) is 2.62. The molecule has 0 bridgehead atoms. The van der Waals surface area contributed by atoms with Crippen molar-refractivity contribution in [2.24, 2.45) is 5.41 Å². The molecule has 1 amide bonds. The van der Waals surface area contributed by atoms with Crippen LogP contribution in [0, 0.1) is 5.41 Å². The van der Waals surface area contributed by atoms with Crippen molar-refractivity contribution in [2.45, 2.75) is 39.7 Å². The molecule has 2 N–H and O–H groups in total. The Labute approximate surface area is 106 Å². The summed E-state index contributed by atoms with van der Waals surface area (Å²) in [5.41, 5.74) is -0.557. The highest BCUT2D eigenvalue weighted by atomic mass is 16.4. The van der Waals surface area contributed by atoms with Crippen molar-refractivity contribution in [1.82, 2.24) is 5.32 Å². The van der Waals surface area contributed by atoms with Crippen LogP contribution in [0.4, 0.5) is 0 Å². The predicted octanol–water partition coefficient (Wildman–Crippen LogP) is 2.35. The van der Waals surface area contributed by atoms with Gasteiger partial charge in [0.1, 0.15) is 5.76 Å². The average Bonchev–Trinajstić information content (AvgIpc) is 2.65. The van der Waals surface area contributed by atoms with Gasteiger partial charge in [0.15, 0.2) is 0 Å². The first-order valence-corrected chi connectivity index (χ1v) is 5.85. The van der Waals surface area contributed by atoms with Crippen molar-refractivity contribution < 1.29 is 19.1 Å². The number of carboxylic acids is 1. The number of rotatable bonds is 6. The topological polar surface area (TPSA) is 79.5 Å². The summed E-state index contributed by atoms with van der Waals surface area (Å²) < 4.78 is 5.18. The van der Waals surface area contributed by atoms with Crippen LogP contribution in [0.5, 0.6) is 0 Å². The minimum atomic E-state index is -0.896. The van der Waals surface area contributed by atoms with Gasteiger partial charge in [-0.15, -0.1) is 0 Å². The molecule has 1 aromatic heterocycles. The van der Waals surface area contributed by atoms with Crippen LogP contribution >= 0.6 is 0 Å². The van der Waals surface area contributed by atoms with Crippen LogP contribution in [0.25, 0.3) is 0 Å². The molecule has 0 fully saturated rings. The zero-order valence-electron chi connectivity index (χ0n) is 10.9. The monoisotopic (exact) mass is 253 g/mol. The molecule has 1 aromatic rings. The maximum Gasteiger partial charge on any atom is 0.303 e. The second-order valence-electron chi connectivity index (χ2n) is 5.22. The second-order valence-corrected chi connectivity index (χ2v) is 5.22. The molecule has 1 heterocycles. The number of amides is 1. The molecule has 0 aliphatic rings. The number of nitrogens with one attached hydrogen (secondary N) is 1. The second kappa shape index (κ2) is 5.71. The molecule has 100 valence electrons. The minimum absolute atomic E-state index is 0.0322. The molecule has 5 heteroatoms. The Balaban J connectivity index is 2.49. The Morgan fingerprint density at radius 1 is 1.44 bits per heavy atom. The van der Waals surface area contributed by atoms with E-state index in [2.05, 4.69) is 5.32 Å². The first-order valence-electron chi connectivity index (χ1n) is 5.85. The van der Waals surface area contributed by atoms with E-state index in [9.17, 15) is 9.59 Å². The molecule has 0 unspecified atom stereocenters. The van der Waals surface area contributed by atoms with E-state index in [1.807, 2.05) is 6.92 Å². The molecule has 0 radical (unpaired) electrons. The molecule has 0 aliphatic heterocycles. The summed E-state index contributed by atoms with van der Waals surface area (Å²) in [6, 6.07) is 3.33. The number of carboxylic acid groups (broad SMARTS) is 1. The van der Waals surface area contributed by atoms with Crippen molar-refractivity contribution in [3.05, 3.63) is 24.2 Å². The maximum absolute atomic E-state index is 11.8. The number of hydrogen-bond acceptors (Lipinski definition) is 3. The Bertz CT molecular complexity index is 409. The van der Waals surface area contributed by atoms with Crippen LogP contribution in [-0.4, -0.2) is 17.0 Å². The zero-order valence-corrected chi connectivity index (χ0v) is 10.9. The molecular weight excluding hydrogens is 234 g/mol. The molecular formula is C13H19NO4. The summed E-state index contributed by atoms with van der Waals surface area (Å²) in [7, 11) is 0. The molecule has 5 nitrogen and oxygen atoms in total. The van der Waals surface area contributed by atoms with Crippen LogP contribution < -0.4 is 5.32 Å². The molecule has 1 rings (SSSR count). The lowest BCUT2D eigenvalue weighted by Gasteiger charge is -2.22. The van der Waals surface area contributed by atoms with Gasteiger partial charge in [0.05, 0.1) is 18.7 Å². The van der Waals surface area contributed by atoms with Crippen LogP contribution in [0.2, 0.25) is 0 Å². The van der Waals surface area contributed by atoms with E-state index < -0.39 is 11.4 Å². The largest absolute Gasteiger partial charge is 0.481 e. The highest BCUT2D eigenvalue weighted by Crippen LogP contribution is 2.25. The Hall–Kier alpha value is -1.78. The summed E-state index contributed by atoms with van der Waals surface area (Å²) >= 11 is 0. The van der Waals surface area contributed by atoms with Crippen LogP contribution in [-0.2, 0) is 9.59 Å². The van der Waals surface area contributed by atoms with Gasteiger partial charge in [0.25, 0.3) is 0 Å². The fraction of sp³-hybridized carbons (Fsp3) is 0.538. The molecule has 0 saturated heterocycles. The molecule has 0 spiro atoms. The third-order valence-corrected chi connectivity index (χ3v) is 2.62. The van der Waals surface area contributed by atoms with Gasteiger partial charge < -0.3 is 14.8 Å². The third kappa shape index (κ3) is 4.61. The van der Waals surface area contributed by atoms with Crippen LogP contribution in [0.1, 0.15) is 45.4 Å². The quantitative estimate of drug-likeness (QED) is 0.815. The fourth-order valence-corrected chi connectivity index (χ4v) is 1.81. The van der Waals surface area contributed by atoms with Crippen LogP contribution in [0.15, 0.2) is 22.8 Å². The van der Waals surface area contributed by atoms with E-state index in [-0.39, 0.29) is 24.8 Å². The summed E-state index contributed by atoms with van der Waals surface area (Å²) in [5.74, 6) is -0.392. The minimum Gasteiger partial charge on any atom is -0.481 e. The Morgan fingerprint density at radius 2 is 2.11 bits per heavy atom. The van der Waals surface area contributed by atoms with E-state index in [0.29, 0.717) is 5.76 Å². The van der Waals surface area contributed by atoms with Gasteiger partial charge in [-0.3, -0.25) is 9.59 Å². The number of aliphatic carboxylic acids is 1. The van der Waals surface area contributed by atoms with Gasteiger partial charge in [-0.25, -0.2) is 0 Å². The van der Waals surface area contributed by atoms with Gasteiger partial charge in [-0.2, -0.15) is 0 Å². The van der Waals surface area contributed by atoms with E-state index in [4.69, 9.17) is 9.52 Å². The van der Waals surface area contributed by atoms with Crippen LogP contribution in [0.3, 0.4) is 0 Å². The van der Waals surface area contributed by atoms with E-state index in [0.717, 1.165) is 0 Å². The van der Waals surface area contributed by atoms with Crippen molar-refractivity contribution in [2.75, 3.05) is 0 Å². The fourth-order valence-electron chi connectivity index (χ4n) is 1.81. The van der Waals surface area contributed by atoms with Gasteiger partial charge in [-0.05, 0) is 24.5 Å². The summed E-state index contributed by atoms with van der Waals surface area (Å²) in [5, 5.41) is 11.5. The van der Waals surface area contributed by atoms with E-state index >= 15 is 0 Å². The van der Waals surface area contributed by atoms with Crippen molar-refractivity contribution in [3.63, 3.8) is 0 Å². The van der Waals surface area contributed by atoms with Crippen molar-refractivity contribution in [1.29, 1.82) is 0 Å². The maximum atomic E-state index is 11.8.